The zero-order valence-electron chi connectivity index (χ0n) is 18.4. The summed E-state index contributed by atoms with van der Waals surface area (Å²) < 4.78 is 7.78. The number of aryl methyl sites for hydroxylation is 1. The number of anilines is 2. The van der Waals surface area contributed by atoms with E-state index in [1.165, 1.54) is 6.42 Å². The van der Waals surface area contributed by atoms with Crippen molar-refractivity contribution >= 4 is 34.2 Å². The van der Waals surface area contributed by atoms with E-state index in [4.69, 9.17) is 4.74 Å². The number of ether oxygens (including phenoxy) is 1. The lowest BCUT2D eigenvalue weighted by Gasteiger charge is -2.31. The first-order valence-corrected chi connectivity index (χ1v) is 11.1. The molecule has 4 heterocycles. The number of benzene rings is 1. The van der Waals surface area contributed by atoms with Gasteiger partial charge in [-0.25, -0.2) is 4.98 Å². The van der Waals surface area contributed by atoms with E-state index in [1.54, 1.807) is 13.2 Å². The third-order valence-electron chi connectivity index (χ3n) is 6.35. The molecule has 1 N–H and O–H groups in total. The quantitative estimate of drug-likeness (QED) is 0.687. The van der Waals surface area contributed by atoms with E-state index < -0.39 is 0 Å². The molecule has 5 rings (SSSR count). The highest BCUT2D eigenvalue weighted by Gasteiger charge is 2.25. The van der Waals surface area contributed by atoms with Crippen molar-refractivity contribution in [3.63, 3.8) is 0 Å². The fourth-order valence-electron chi connectivity index (χ4n) is 4.58. The van der Waals surface area contributed by atoms with Crippen LogP contribution in [0.2, 0.25) is 0 Å². The topological polar surface area (TPSA) is 79.7 Å². The Morgan fingerprint density at radius 3 is 2.66 bits per heavy atom. The summed E-state index contributed by atoms with van der Waals surface area (Å²) >= 11 is 0. The zero-order chi connectivity index (χ0) is 22.2. The van der Waals surface area contributed by atoms with Gasteiger partial charge in [-0.3, -0.25) is 9.59 Å². The van der Waals surface area contributed by atoms with Gasteiger partial charge in [0.25, 0.3) is 11.8 Å². The van der Waals surface area contributed by atoms with Gasteiger partial charge in [-0.05, 0) is 43.5 Å². The Morgan fingerprint density at radius 2 is 1.88 bits per heavy atom. The van der Waals surface area contributed by atoms with Crippen molar-refractivity contribution in [2.45, 2.75) is 19.3 Å². The highest BCUT2D eigenvalue weighted by molar-refractivity contribution is 5.99. The molecule has 0 spiro atoms. The number of pyridine rings is 1. The van der Waals surface area contributed by atoms with E-state index >= 15 is 0 Å². The standard InChI is InChI=1S/C24H27N5O3/c1-25-23(30)20-12-16-6-7-18(14-19(16)27(20)2)29-10-11-32-21-13-17(15-26-22(21)29)24(31)28-8-4-3-5-9-28/h6-7,12-15H,3-5,8-11H2,1-2H3,(H,25,30). The number of hydrogen-bond acceptors (Lipinski definition) is 5. The molecule has 3 aromatic rings. The number of nitrogens with one attached hydrogen (secondary N) is 1. The molecule has 0 bridgehead atoms. The maximum absolute atomic E-state index is 12.9. The molecular weight excluding hydrogens is 406 g/mol. The highest BCUT2D eigenvalue weighted by Crippen LogP contribution is 2.37. The fourth-order valence-corrected chi connectivity index (χ4v) is 4.58. The Bertz CT molecular complexity index is 1200. The third-order valence-corrected chi connectivity index (χ3v) is 6.35. The lowest BCUT2D eigenvalue weighted by molar-refractivity contribution is 0.0723. The molecule has 2 amide bonds. The summed E-state index contributed by atoms with van der Waals surface area (Å²) in [6.07, 6.45) is 4.94. The smallest absolute Gasteiger partial charge is 0.267 e. The van der Waals surface area contributed by atoms with Gasteiger partial charge in [0.1, 0.15) is 12.3 Å². The number of nitrogens with zero attached hydrogens (tertiary/aromatic N) is 4. The summed E-state index contributed by atoms with van der Waals surface area (Å²) in [6.45, 7) is 2.76. The van der Waals surface area contributed by atoms with Gasteiger partial charge in [0.2, 0.25) is 0 Å². The molecule has 8 nitrogen and oxygen atoms in total. The molecular formula is C24H27N5O3. The Hall–Kier alpha value is -3.55. The lowest BCUT2D eigenvalue weighted by Crippen LogP contribution is -2.36. The van der Waals surface area contributed by atoms with Crippen LogP contribution in [-0.2, 0) is 7.05 Å². The first-order valence-electron chi connectivity index (χ1n) is 11.1. The molecule has 1 saturated heterocycles. The first-order chi connectivity index (χ1) is 15.6. The Labute approximate surface area is 186 Å². The van der Waals surface area contributed by atoms with Crippen molar-refractivity contribution in [2.24, 2.45) is 7.05 Å². The van der Waals surface area contributed by atoms with Gasteiger partial charge in [-0.2, -0.15) is 0 Å². The van der Waals surface area contributed by atoms with E-state index in [0.717, 1.165) is 42.5 Å². The van der Waals surface area contributed by atoms with Crippen LogP contribution in [0.15, 0.2) is 36.5 Å². The van der Waals surface area contributed by atoms with Crippen LogP contribution in [0.3, 0.4) is 0 Å². The number of amides is 2. The van der Waals surface area contributed by atoms with Gasteiger partial charge in [-0.15, -0.1) is 0 Å². The minimum atomic E-state index is -0.116. The Morgan fingerprint density at radius 1 is 1.06 bits per heavy atom. The van der Waals surface area contributed by atoms with E-state index in [9.17, 15) is 9.59 Å². The molecule has 32 heavy (non-hydrogen) atoms. The monoisotopic (exact) mass is 433 g/mol. The maximum Gasteiger partial charge on any atom is 0.267 e. The zero-order valence-corrected chi connectivity index (χ0v) is 18.4. The molecule has 0 radical (unpaired) electrons. The summed E-state index contributed by atoms with van der Waals surface area (Å²) in [6, 6.07) is 9.81. The molecule has 2 aromatic heterocycles. The predicted octanol–water partition coefficient (Wildman–Crippen LogP) is 3.09. The van der Waals surface area contributed by atoms with Gasteiger partial charge >= 0.3 is 0 Å². The Balaban J connectivity index is 1.47. The SMILES string of the molecule is CNC(=O)c1cc2ccc(N3CCOc4cc(C(=O)N5CCCCC5)cnc43)cc2n1C. The summed E-state index contributed by atoms with van der Waals surface area (Å²) in [5.74, 6) is 1.23. The molecule has 0 saturated carbocycles. The normalized spacial score (nSPS) is 15.9. The van der Waals surface area contributed by atoms with Crippen LogP contribution >= 0.6 is 0 Å². The van der Waals surface area contributed by atoms with Gasteiger partial charge in [-0.1, -0.05) is 6.07 Å². The molecule has 8 heteroatoms. The summed E-state index contributed by atoms with van der Waals surface area (Å²) in [5, 5.41) is 3.68. The van der Waals surface area contributed by atoms with Gasteiger partial charge in [0.05, 0.1) is 17.6 Å². The van der Waals surface area contributed by atoms with Gasteiger partial charge < -0.3 is 24.4 Å². The van der Waals surface area contributed by atoms with Crippen molar-refractivity contribution in [3.8, 4) is 5.75 Å². The van der Waals surface area contributed by atoms with Crippen LogP contribution < -0.4 is 15.0 Å². The molecule has 0 atom stereocenters. The average molecular weight is 434 g/mol. The molecule has 166 valence electrons. The second kappa shape index (κ2) is 8.18. The largest absolute Gasteiger partial charge is 0.488 e. The predicted molar refractivity (Wildman–Crippen MR) is 123 cm³/mol. The van der Waals surface area contributed by atoms with Crippen molar-refractivity contribution < 1.29 is 14.3 Å². The number of rotatable bonds is 3. The minimum absolute atomic E-state index is 0.0210. The number of piperidine rings is 1. The molecule has 2 aliphatic rings. The van der Waals surface area contributed by atoms with Crippen molar-refractivity contribution in [3.05, 3.63) is 47.8 Å². The van der Waals surface area contributed by atoms with Crippen LogP contribution in [0, 0.1) is 0 Å². The number of fused-ring (bicyclic) bond motifs is 2. The van der Waals surface area contributed by atoms with Crippen molar-refractivity contribution in [2.75, 3.05) is 38.2 Å². The van der Waals surface area contributed by atoms with E-state index in [2.05, 4.69) is 21.3 Å². The number of aromatic nitrogens is 2. The molecule has 0 unspecified atom stereocenters. The highest BCUT2D eigenvalue weighted by atomic mass is 16.5. The van der Waals surface area contributed by atoms with Crippen molar-refractivity contribution in [1.82, 2.24) is 19.8 Å². The van der Waals surface area contributed by atoms with Crippen LogP contribution in [0.4, 0.5) is 11.5 Å². The lowest BCUT2D eigenvalue weighted by atomic mass is 10.1. The third kappa shape index (κ3) is 3.45. The first kappa shape index (κ1) is 20.4. The second-order valence-electron chi connectivity index (χ2n) is 8.31. The second-order valence-corrected chi connectivity index (χ2v) is 8.31. The summed E-state index contributed by atoms with van der Waals surface area (Å²) in [4.78, 5) is 33.7. The number of hydrogen-bond donors (Lipinski definition) is 1. The van der Waals surface area contributed by atoms with Crippen LogP contribution in [0.1, 0.15) is 40.1 Å². The average Bonchev–Trinajstić information content (AvgIpc) is 3.18. The summed E-state index contributed by atoms with van der Waals surface area (Å²) in [7, 11) is 3.52. The van der Waals surface area contributed by atoms with Crippen LogP contribution in [-0.4, -0.2) is 59.6 Å². The van der Waals surface area contributed by atoms with Crippen LogP contribution in [0.5, 0.6) is 5.75 Å². The Kier molecular flexibility index (Phi) is 5.20. The fraction of sp³-hybridized carbons (Fsp3) is 0.375. The van der Waals surface area contributed by atoms with E-state index in [0.29, 0.717) is 36.0 Å². The van der Waals surface area contributed by atoms with Crippen LogP contribution in [0.25, 0.3) is 10.9 Å². The van der Waals surface area contributed by atoms with E-state index in [1.807, 2.05) is 40.8 Å². The molecule has 0 aliphatic carbocycles. The number of likely N-dealkylation sites (tertiary alicyclic amines) is 1. The minimum Gasteiger partial charge on any atom is -0.488 e. The van der Waals surface area contributed by atoms with E-state index in [-0.39, 0.29) is 11.8 Å². The number of carbonyl (C=O) groups excluding carboxylic acids is 2. The van der Waals surface area contributed by atoms with Gasteiger partial charge in [0, 0.05) is 44.5 Å². The number of carbonyl (C=O) groups is 2. The summed E-state index contributed by atoms with van der Waals surface area (Å²) in [5.41, 5.74) is 3.11. The molecule has 1 fully saturated rings. The molecule has 1 aromatic carbocycles. The van der Waals surface area contributed by atoms with Crippen molar-refractivity contribution in [1.29, 1.82) is 0 Å². The molecule has 2 aliphatic heterocycles. The maximum atomic E-state index is 12.9. The van der Waals surface area contributed by atoms with Gasteiger partial charge in [0.15, 0.2) is 11.6 Å².